The van der Waals surface area contributed by atoms with Gasteiger partial charge in [-0.3, -0.25) is 0 Å². The molecule has 0 aromatic heterocycles. The summed E-state index contributed by atoms with van der Waals surface area (Å²) in [5.74, 6) is 0. The standard InChI is InChI=1S/C18H25N3O5/c1-3-4-10-23-16-14(20-21-19)18(22-2)25-13-11-24-17(26-15(13)16)12-8-6-5-7-9-12/h5-9,13-18H,3-4,10-11H2,1-2H3. The van der Waals surface area contributed by atoms with E-state index >= 15 is 0 Å². The molecule has 2 saturated heterocycles. The van der Waals surface area contributed by atoms with Crippen molar-refractivity contribution in [3.8, 4) is 0 Å². The van der Waals surface area contributed by atoms with Crippen molar-refractivity contribution in [3.63, 3.8) is 0 Å². The maximum absolute atomic E-state index is 8.97. The van der Waals surface area contributed by atoms with E-state index in [1.165, 1.54) is 7.11 Å². The first kappa shape index (κ1) is 19.1. The second-order valence-corrected chi connectivity index (χ2v) is 6.34. The summed E-state index contributed by atoms with van der Waals surface area (Å²) in [7, 11) is 1.52. The Bertz CT molecular complexity index is 610. The molecule has 1 aromatic rings. The normalized spacial score (nSPS) is 33.9. The monoisotopic (exact) mass is 363 g/mol. The van der Waals surface area contributed by atoms with E-state index in [9.17, 15) is 0 Å². The van der Waals surface area contributed by atoms with E-state index in [-0.39, 0.29) is 6.10 Å². The molecule has 8 nitrogen and oxygen atoms in total. The first-order valence-corrected chi connectivity index (χ1v) is 8.94. The van der Waals surface area contributed by atoms with Gasteiger partial charge in [0.05, 0.1) is 12.7 Å². The lowest BCUT2D eigenvalue weighted by atomic mass is 9.96. The van der Waals surface area contributed by atoms with E-state index < -0.39 is 30.8 Å². The van der Waals surface area contributed by atoms with Crippen LogP contribution in [0.25, 0.3) is 10.4 Å². The molecule has 142 valence electrons. The van der Waals surface area contributed by atoms with Gasteiger partial charge in [-0.2, -0.15) is 0 Å². The van der Waals surface area contributed by atoms with Crippen LogP contribution in [0.2, 0.25) is 0 Å². The Balaban J connectivity index is 1.81. The first-order chi connectivity index (χ1) is 12.8. The van der Waals surface area contributed by atoms with Crippen LogP contribution in [0, 0.1) is 0 Å². The topological polar surface area (TPSA) is 94.9 Å². The van der Waals surface area contributed by atoms with Gasteiger partial charge in [-0.15, -0.1) is 0 Å². The Labute approximate surface area is 153 Å². The highest BCUT2D eigenvalue weighted by molar-refractivity contribution is 5.16. The van der Waals surface area contributed by atoms with Crippen LogP contribution >= 0.6 is 0 Å². The number of nitrogens with zero attached hydrogens (tertiary/aromatic N) is 3. The van der Waals surface area contributed by atoms with Gasteiger partial charge in [0.2, 0.25) is 0 Å². The molecule has 0 bridgehead atoms. The molecular formula is C18H25N3O5. The third-order valence-corrected chi connectivity index (χ3v) is 4.60. The summed E-state index contributed by atoms with van der Waals surface area (Å²) < 4.78 is 29.4. The predicted molar refractivity (Wildman–Crippen MR) is 93.3 cm³/mol. The number of hydrogen-bond acceptors (Lipinski definition) is 6. The lowest BCUT2D eigenvalue weighted by Gasteiger charge is -2.47. The molecule has 8 heteroatoms. The number of unbranched alkanes of at least 4 members (excludes halogenated alkanes) is 1. The number of hydrogen-bond donors (Lipinski definition) is 0. The van der Waals surface area contributed by atoms with Gasteiger partial charge in [-0.1, -0.05) is 48.8 Å². The summed E-state index contributed by atoms with van der Waals surface area (Å²) in [6, 6.07) is 9.08. The van der Waals surface area contributed by atoms with Crippen LogP contribution in [0.4, 0.5) is 0 Å². The fourth-order valence-electron chi connectivity index (χ4n) is 3.27. The highest BCUT2D eigenvalue weighted by Crippen LogP contribution is 2.36. The molecule has 0 N–H and O–H groups in total. The summed E-state index contributed by atoms with van der Waals surface area (Å²) in [5.41, 5.74) is 9.90. The number of rotatable bonds is 7. The van der Waals surface area contributed by atoms with Crippen molar-refractivity contribution in [2.75, 3.05) is 20.3 Å². The molecule has 2 aliphatic rings. The van der Waals surface area contributed by atoms with E-state index in [4.69, 9.17) is 29.2 Å². The third kappa shape index (κ3) is 4.17. The zero-order valence-electron chi connectivity index (χ0n) is 15.1. The van der Waals surface area contributed by atoms with Crippen LogP contribution in [0.3, 0.4) is 0 Å². The second-order valence-electron chi connectivity index (χ2n) is 6.34. The van der Waals surface area contributed by atoms with Gasteiger partial charge in [-0.05, 0) is 12.0 Å². The summed E-state index contributed by atoms with van der Waals surface area (Å²) in [5, 5.41) is 3.87. The lowest BCUT2D eigenvalue weighted by Crippen LogP contribution is -2.62. The quantitative estimate of drug-likeness (QED) is 0.320. The lowest BCUT2D eigenvalue weighted by molar-refractivity contribution is -0.343. The Hall–Kier alpha value is -1.67. The fraction of sp³-hybridized carbons (Fsp3) is 0.667. The van der Waals surface area contributed by atoms with Crippen molar-refractivity contribution in [1.29, 1.82) is 0 Å². The van der Waals surface area contributed by atoms with Crippen LogP contribution in [0.1, 0.15) is 31.6 Å². The van der Waals surface area contributed by atoms with Crippen molar-refractivity contribution in [2.45, 2.75) is 56.7 Å². The van der Waals surface area contributed by atoms with Crippen molar-refractivity contribution in [3.05, 3.63) is 46.3 Å². The average Bonchev–Trinajstić information content (AvgIpc) is 2.69. The van der Waals surface area contributed by atoms with Crippen molar-refractivity contribution in [1.82, 2.24) is 0 Å². The number of methoxy groups -OCH3 is 1. The second kappa shape index (κ2) is 9.32. The van der Waals surface area contributed by atoms with Gasteiger partial charge in [0.25, 0.3) is 0 Å². The Morgan fingerprint density at radius 2 is 2.08 bits per heavy atom. The molecule has 0 radical (unpaired) electrons. The zero-order chi connectivity index (χ0) is 18.4. The van der Waals surface area contributed by atoms with Gasteiger partial charge in [0.15, 0.2) is 12.6 Å². The number of azide groups is 1. The van der Waals surface area contributed by atoms with E-state index in [0.717, 1.165) is 18.4 Å². The molecule has 0 amide bonds. The number of fused-ring (bicyclic) bond motifs is 1. The molecule has 0 spiro atoms. The first-order valence-electron chi connectivity index (χ1n) is 8.94. The van der Waals surface area contributed by atoms with Crippen LogP contribution in [0.5, 0.6) is 0 Å². The molecular weight excluding hydrogens is 338 g/mol. The van der Waals surface area contributed by atoms with E-state index in [1.807, 2.05) is 30.3 Å². The molecule has 6 unspecified atom stereocenters. The smallest absolute Gasteiger partial charge is 0.184 e. The van der Waals surface area contributed by atoms with Crippen LogP contribution in [-0.4, -0.2) is 51.0 Å². The van der Waals surface area contributed by atoms with E-state index in [0.29, 0.717) is 13.2 Å². The van der Waals surface area contributed by atoms with Crippen LogP contribution in [0.15, 0.2) is 35.4 Å². The van der Waals surface area contributed by atoms with Gasteiger partial charge < -0.3 is 23.7 Å². The minimum Gasteiger partial charge on any atom is -0.375 e. The Morgan fingerprint density at radius 1 is 1.27 bits per heavy atom. The van der Waals surface area contributed by atoms with Crippen LogP contribution < -0.4 is 0 Å². The van der Waals surface area contributed by atoms with Crippen molar-refractivity contribution < 1.29 is 23.7 Å². The SMILES string of the molecule is CCCCOC1C(N=[N+]=[N-])C(OC)OC2COC(c3ccccc3)OC21. The van der Waals surface area contributed by atoms with Crippen LogP contribution in [-0.2, 0) is 23.7 Å². The average molecular weight is 363 g/mol. The zero-order valence-corrected chi connectivity index (χ0v) is 15.1. The summed E-state index contributed by atoms with van der Waals surface area (Å²) in [4.78, 5) is 2.95. The molecule has 0 saturated carbocycles. The minimum absolute atomic E-state index is 0.348. The molecule has 0 aliphatic carbocycles. The van der Waals surface area contributed by atoms with Gasteiger partial charge in [0.1, 0.15) is 18.2 Å². The Kier molecular flexibility index (Phi) is 6.85. The fourth-order valence-corrected chi connectivity index (χ4v) is 3.27. The highest BCUT2D eigenvalue weighted by Gasteiger charge is 2.50. The van der Waals surface area contributed by atoms with Gasteiger partial charge in [0, 0.05) is 24.2 Å². The summed E-state index contributed by atoms with van der Waals surface area (Å²) >= 11 is 0. The largest absolute Gasteiger partial charge is 0.375 e. The van der Waals surface area contributed by atoms with E-state index in [1.54, 1.807) is 0 Å². The minimum atomic E-state index is -0.695. The predicted octanol–water partition coefficient (Wildman–Crippen LogP) is 3.34. The van der Waals surface area contributed by atoms with Gasteiger partial charge >= 0.3 is 0 Å². The molecule has 6 atom stereocenters. The maximum Gasteiger partial charge on any atom is 0.184 e. The summed E-state index contributed by atoms with van der Waals surface area (Å²) in [6.07, 6.45) is -0.508. The number of benzene rings is 1. The Morgan fingerprint density at radius 3 is 2.77 bits per heavy atom. The van der Waals surface area contributed by atoms with Crippen molar-refractivity contribution in [2.24, 2.45) is 5.11 Å². The van der Waals surface area contributed by atoms with E-state index in [2.05, 4.69) is 16.9 Å². The van der Waals surface area contributed by atoms with Gasteiger partial charge in [-0.25, -0.2) is 0 Å². The molecule has 2 aliphatic heterocycles. The summed E-state index contributed by atoms with van der Waals surface area (Å²) in [6.45, 7) is 2.99. The highest BCUT2D eigenvalue weighted by atomic mass is 16.7. The van der Waals surface area contributed by atoms with Crippen molar-refractivity contribution >= 4 is 0 Å². The third-order valence-electron chi connectivity index (χ3n) is 4.60. The molecule has 1 aromatic carbocycles. The molecule has 26 heavy (non-hydrogen) atoms. The molecule has 3 rings (SSSR count). The molecule has 2 heterocycles. The number of ether oxygens (including phenoxy) is 5. The molecule has 2 fully saturated rings. The maximum atomic E-state index is 8.97.